The van der Waals surface area contributed by atoms with Crippen molar-refractivity contribution in [2.75, 3.05) is 26.7 Å². The molecule has 0 saturated carbocycles. The van der Waals surface area contributed by atoms with Crippen LogP contribution in [0.3, 0.4) is 0 Å². The van der Waals surface area contributed by atoms with Gasteiger partial charge < -0.3 is 15.0 Å². The van der Waals surface area contributed by atoms with Crippen molar-refractivity contribution in [3.8, 4) is 0 Å². The van der Waals surface area contributed by atoms with Crippen LogP contribution < -0.4 is 5.32 Å². The Kier molecular flexibility index (Phi) is 3.93. The molecule has 0 bridgehead atoms. The highest BCUT2D eigenvalue weighted by Gasteiger charge is 2.18. The molecular formula is C11H20N4O. The Labute approximate surface area is 96.1 Å². The molecule has 1 aliphatic rings. The lowest BCUT2D eigenvalue weighted by Gasteiger charge is -2.30. The maximum absolute atomic E-state index is 8.95. The lowest BCUT2D eigenvalue weighted by molar-refractivity contribution is 0.179. The summed E-state index contributed by atoms with van der Waals surface area (Å²) in [5, 5.41) is 12.2. The van der Waals surface area contributed by atoms with Crippen molar-refractivity contribution in [3.63, 3.8) is 0 Å². The zero-order valence-corrected chi connectivity index (χ0v) is 9.76. The first-order valence-corrected chi connectivity index (χ1v) is 5.84. The monoisotopic (exact) mass is 224 g/mol. The summed E-state index contributed by atoms with van der Waals surface area (Å²) in [7, 11) is 1.95. The van der Waals surface area contributed by atoms with Crippen molar-refractivity contribution < 1.29 is 5.11 Å². The number of aliphatic hydroxyl groups excluding tert-OH is 1. The second-order valence-corrected chi connectivity index (χ2v) is 4.27. The lowest BCUT2D eigenvalue weighted by Crippen LogP contribution is -2.43. The maximum Gasteiger partial charge on any atom is 0.122 e. The molecule has 16 heavy (non-hydrogen) atoms. The van der Waals surface area contributed by atoms with Gasteiger partial charge in [-0.15, -0.1) is 0 Å². The molecule has 0 saturated heterocycles. The number of aromatic nitrogens is 2. The summed E-state index contributed by atoms with van der Waals surface area (Å²) in [4.78, 5) is 6.73. The summed E-state index contributed by atoms with van der Waals surface area (Å²) < 4.78 is 2.21. The molecule has 1 aromatic rings. The molecule has 0 spiro atoms. The van der Waals surface area contributed by atoms with Crippen LogP contribution in [0.1, 0.15) is 12.2 Å². The molecule has 5 heteroatoms. The number of fused-ring (bicyclic) bond motifs is 1. The van der Waals surface area contributed by atoms with Crippen LogP contribution in [0.15, 0.2) is 12.4 Å². The van der Waals surface area contributed by atoms with Crippen LogP contribution in [-0.4, -0.2) is 52.3 Å². The highest BCUT2D eigenvalue weighted by Crippen LogP contribution is 2.10. The molecule has 2 heterocycles. The van der Waals surface area contributed by atoms with Gasteiger partial charge in [0, 0.05) is 44.7 Å². The standard InChI is InChI=1S/C11H20N4O/c1-12-10(2-7-16)8-14-5-6-15-4-3-13-11(15)9-14/h3-4,10,12,16H,2,5-9H2,1H3. The molecule has 5 nitrogen and oxygen atoms in total. The first-order chi connectivity index (χ1) is 7.83. The molecule has 2 rings (SSSR count). The number of hydrogen-bond donors (Lipinski definition) is 2. The van der Waals surface area contributed by atoms with Crippen LogP contribution in [-0.2, 0) is 13.1 Å². The molecule has 2 N–H and O–H groups in total. The fraction of sp³-hybridized carbons (Fsp3) is 0.727. The van der Waals surface area contributed by atoms with Crippen LogP contribution in [0, 0.1) is 0 Å². The topological polar surface area (TPSA) is 53.3 Å². The number of nitrogens with one attached hydrogen (secondary N) is 1. The zero-order valence-electron chi connectivity index (χ0n) is 9.76. The van der Waals surface area contributed by atoms with E-state index in [2.05, 4.69) is 19.8 Å². The highest BCUT2D eigenvalue weighted by molar-refractivity contribution is 4.95. The van der Waals surface area contributed by atoms with E-state index in [1.807, 2.05) is 19.4 Å². The van der Waals surface area contributed by atoms with Crippen LogP contribution in [0.4, 0.5) is 0 Å². The second-order valence-electron chi connectivity index (χ2n) is 4.27. The first-order valence-electron chi connectivity index (χ1n) is 5.84. The highest BCUT2D eigenvalue weighted by atomic mass is 16.3. The van der Waals surface area contributed by atoms with Gasteiger partial charge in [0.25, 0.3) is 0 Å². The van der Waals surface area contributed by atoms with Gasteiger partial charge in [-0.05, 0) is 13.5 Å². The van der Waals surface area contributed by atoms with Gasteiger partial charge in [-0.2, -0.15) is 0 Å². The molecular weight excluding hydrogens is 204 g/mol. The Bertz CT molecular complexity index is 326. The van der Waals surface area contributed by atoms with Crippen molar-refractivity contribution >= 4 is 0 Å². The predicted molar refractivity (Wildman–Crippen MR) is 62.1 cm³/mol. The minimum absolute atomic E-state index is 0.244. The van der Waals surface area contributed by atoms with Crippen LogP contribution in [0.25, 0.3) is 0 Å². The van der Waals surface area contributed by atoms with Crippen LogP contribution >= 0.6 is 0 Å². The van der Waals surface area contributed by atoms with E-state index in [0.717, 1.165) is 38.4 Å². The Morgan fingerprint density at radius 3 is 3.19 bits per heavy atom. The lowest BCUT2D eigenvalue weighted by atomic mass is 10.2. The quantitative estimate of drug-likeness (QED) is 0.719. The van der Waals surface area contributed by atoms with Crippen molar-refractivity contribution in [2.45, 2.75) is 25.6 Å². The third kappa shape index (κ3) is 2.61. The molecule has 0 radical (unpaired) electrons. The van der Waals surface area contributed by atoms with Crippen LogP contribution in [0.2, 0.25) is 0 Å². The molecule has 1 aliphatic heterocycles. The van der Waals surface area contributed by atoms with E-state index in [-0.39, 0.29) is 6.61 Å². The number of nitrogens with zero attached hydrogens (tertiary/aromatic N) is 3. The normalized spacial score (nSPS) is 18.4. The minimum atomic E-state index is 0.244. The van der Waals surface area contributed by atoms with Gasteiger partial charge in [0.1, 0.15) is 5.82 Å². The van der Waals surface area contributed by atoms with Gasteiger partial charge in [0.2, 0.25) is 0 Å². The van der Waals surface area contributed by atoms with Crippen molar-refractivity contribution in [3.05, 3.63) is 18.2 Å². The van der Waals surface area contributed by atoms with E-state index in [0.29, 0.717) is 6.04 Å². The first kappa shape index (κ1) is 11.6. The Morgan fingerprint density at radius 2 is 2.44 bits per heavy atom. The third-order valence-electron chi connectivity index (χ3n) is 3.19. The fourth-order valence-electron chi connectivity index (χ4n) is 2.17. The number of rotatable bonds is 5. The molecule has 0 amide bonds. The van der Waals surface area contributed by atoms with E-state index in [9.17, 15) is 0 Å². The zero-order chi connectivity index (χ0) is 11.4. The number of aliphatic hydroxyl groups is 1. The second kappa shape index (κ2) is 5.43. The van der Waals surface area contributed by atoms with E-state index in [4.69, 9.17) is 5.11 Å². The van der Waals surface area contributed by atoms with Gasteiger partial charge >= 0.3 is 0 Å². The molecule has 1 atom stereocenters. The molecule has 0 fully saturated rings. The van der Waals surface area contributed by atoms with E-state index in [1.165, 1.54) is 0 Å². The van der Waals surface area contributed by atoms with Crippen molar-refractivity contribution in [2.24, 2.45) is 0 Å². The van der Waals surface area contributed by atoms with Gasteiger partial charge in [0.05, 0.1) is 6.54 Å². The maximum atomic E-state index is 8.95. The smallest absolute Gasteiger partial charge is 0.122 e. The molecule has 1 aromatic heterocycles. The summed E-state index contributed by atoms with van der Waals surface area (Å²) in [6.45, 7) is 4.21. The largest absolute Gasteiger partial charge is 0.396 e. The number of hydrogen-bond acceptors (Lipinski definition) is 4. The van der Waals surface area contributed by atoms with Gasteiger partial charge in [-0.1, -0.05) is 0 Å². The van der Waals surface area contributed by atoms with Crippen molar-refractivity contribution in [1.82, 2.24) is 19.8 Å². The van der Waals surface area contributed by atoms with E-state index >= 15 is 0 Å². The fourth-order valence-corrected chi connectivity index (χ4v) is 2.17. The average Bonchev–Trinajstić information content (AvgIpc) is 2.75. The summed E-state index contributed by atoms with van der Waals surface area (Å²) in [5.41, 5.74) is 0. The molecule has 0 aliphatic carbocycles. The van der Waals surface area contributed by atoms with E-state index in [1.54, 1.807) is 0 Å². The third-order valence-corrected chi connectivity index (χ3v) is 3.19. The van der Waals surface area contributed by atoms with Gasteiger partial charge in [-0.25, -0.2) is 4.98 Å². The molecule has 1 unspecified atom stereocenters. The number of imidazole rings is 1. The Balaban J connectivity index is 1.88. The molecule has 0 aromatic carbocycles. The summed E-state index contributed by atoms with van der Waals surface area (Å²) >= 11 is 0. The predicted octanol–water partition coefficient (Wildman–Crippen LogP) is -0.331. The SMILES string of the molecule is CNC(CCO)CN1CCn2ccnc2C1. The molecule has 90 valence electrons. The van der Waals surface area contributed by atoms with Gasteiger partial charge in [0.15, 0.2) is 0 Å². The Morgan fingerprint density at radius 1 is 1.56 bits per heavy atom. The average molecular weight is 224 g/mol. The van der Waals surface area contributed by atoms with E-state index < -0.39 is 0 Å². The van der Waals surface area contributed by atoms with Gasteiger partial charge in [-0.3, -0.25) is 4.90 Å². The summed E-state index contributed by atoms with van der Waals surface area (Å²) in [6, 6.07) is 0.367. The van der Waals surface area contributed by atoms with Crippen LogP contribution in [0.5, 0.6) is 0 Å². The summed E-state index contributed by atoms with van der Waals surface area (Å²) in [6.07, 6.45) is 4.71. The minimum Gasteiger partial charge on any atom is -0.396 e. The van der Waals surface area contributed by atoms with Crippen molar-refractivity contribution in [1.29, 1.82) is 0 Å². The summed E-state index contributed by atoms with van der Waals surface area (Å²) in [5.74, 6) is 1.14. The Hall–Kier alpha value is -0.910. The number of likely N-dealkylation sites (N-methyl/N-ethyl adjacent to an activating group) is 1.